The van der Waals surface area contributed by atoms with Crippen molar-refractivity contribution in [1.29, 1.82) is 0 Å². The van der Waals surface area contributed by atoms with Crippen molar-refractivity contribution in [3.63, 3.8) is 0 Å². The van der Waals surface area contributed by atoms with Crippen LogP contribution in [-0.4, -0.2) is 27.4 Å². The number of hydrogen-bond donors (Lipinski definition) is 1. The van der Waals surface area contributed by atoms with Gasteiger partial charge in [-0.2, -0.15) is 0 Å². The van der Waals surface area contributed by atoms with E-state index in [0.717, 1.165) is 22.3 Å². The number of nitrogens with one attached hydrogen (secondary N) is 1. The van der Waals surface area contributed by atoms with Crippen molar-refractivity contribution in [1.82, 2.24) is 14.4 Å². The number of benzene rings is 4. The van der Waals surface area contributed by atoms with Gasteiger partial charge >= 0.3 is 5.97 Å². The first kappa shape index (κ1) is 31.6. The average molecular weight is 608 g/mol. The van der Waals surface area contributed by atoms with E-state index in [-0.39, 0.29) is 36.3 Å². The fourth-order valence-electron chi connectivity index (χ4n) is 6.22. The molecule has 0 unspecified atom stereocenters. The molecule has 1 N–H and O–H groups in total. The second-order valence-electron chi connectivity index (χ2n) is 11.8. The number of rotatable bonds is 11. The van der Waals surface area contributed by atoms with Gasteiger partial charge in [0.25, 0.3) is 7.59 Å². The van der Waals surface area contributed by atoms with Crippen LogP contribution in [-0.2, 0) is 20.7 Å². The SMILES string of the molecule is C=C(C(=O)OCc1ccccc1)[C@@H](NP1(=O)N(C(C)C)[C@H](c2ccccc2)[C@@H](c2ccccc2)N1C(C)C)c1ccccc1. The minimum absolute atomic E-state index is 0.0942. The van der Waals surface area contributed by atoms with Crippen molar-refractivity contribution in [2.45, 2.75) is 64.5 Å². The van der Waals surface area contributed by atoms with E-state index in [9.17, 15) is 4.79 Å². The third kappa shape index (κ3) is 6.50. The maximum absolute atomic E-state index is 16.0. The van der Waals surface area contributed by atoms with E-state index in [4.69, 9.17) is 4.74 Å². The van der Waals surface area contributed by atoms with Gasteiger partial charge in [-0.05, 0) is 49.9 Å². The van der Waals surface area contributed by atoms with Gasteiger partial charge in [-0.25, -0.2) is 19.2 Å². The molecule has 1 saturated heterocycles. The summed E-state index contributed by atoms with van der Waals surface area (Å²) in [6.07, 6.45) is 0. The number of nitrogens with zero attached hydrogens (tertiary/aromatic N) is 2. The van der Waals surface area contributed by atoms with E-state index in [1.54, 1.807) is 0 Å². The smallest absolute Gasteiger partial charge is 0.335 e. The quantitative estimate of drug-likeness (QED) is 0.105. The van der Waals surface area contributed by atoms with Gasteiger partial charge in [0.2, 0.25) is 0 Å². The second kappa shape index (κ2) is 13.9. The van der Waals surface area contributed by atoms with Crippen molar-refractivity contribution in [3.05, 3.63) is 156 Å². The van der Waals surface area contributed by atoms with Crippen LogP contribution in [0.15, 0.2) is 133 Å². The van der Waals surface area contributed by atoms with Crippen LogP contribution >= 0.6 is 7.59 Å². The van der Waals surface area contributed by atoms with Crippen LogP contribution in [0.4, 0.5) is 0 Å². The van der Waals surface area contributed by atoms with Crippen LogP contribution in [0.1, 0.15) is 68.1 Å². The standard InChI is InChI=1S/C37H42N3O3P/c1-27(2)39-35(32-22-14-8-15-23-32)36(33-24-16-9-17-25-33)40(28(3)4)44(39,42)38-34(31-20-12-7-13-21-31)29(5)37(41)43-26-30-18-10-6-11-19-30/h6-25,27-28,34-36H,5,26H2,1-4H3,(H,38,42)/t34-,35-,36-/m1/s1. The third-order valence-electron chi connectivity index (χ3n) is 8.09. The molecular formula is C37H42N3O3P. The average Bonchev–Trinajstić information content (AvgIpc) is 3.33. The molecule has 3 atom stereocenters. The second-order valence-corrected chi connectivity index (χ2v) is 14.0. The highest BCUT2D eigenvalue weighted by Crippen LogP contribution is 2.69. The molecule has 228 valence electrons. The molecule has 1 heterocycles. The molecule has 0 spiro atoms. The molecule has 0 aliphatic carbocycles. The van der Waals surface area contributed by atoms with Crippen molar-refractivity contribution < 1.29 is 14.1 Å². The molecule has 4 aromatic rings. The molecule has 0 amide bonds. The summed E-state index contributed by atoms with van der Waals surface area (Å²) in [5.74, 6) is -0.535. The van der Waals surface area contributed by atoms with E-state index < -0.39 is 19.6 Å². The van der Waals surface area contributed by atoms with Gasteiger partial charge in [0.05, 0.1) is 23.7 Å². The van der Waals surface area contributed by atoms with Gasteiger partial charge in [-0.3, -0.25) is 4.57 Å². The van der Waals surface area contributed by atoms with Crippen molar-refractivity contribution >= 4 is 13.6 Å². The Morgan fingerprint density at radius 2 is 1.14 bits per heavy atom. The van der Waals surface area contributed by atoms with Gasteiger partial charge in [0.15, 0.2) is 0 Å². The maximum Gasteiger partial charge on any atom is 0.335 e. The molecule has 0 aromatic heterocycles. The molecule has 1 aliphatic rings. The topological polar surface area (TPSA) is 61.9 Å². The van der Waals surface area contributed by atoms with E-state index in [0.29, 0.717) is 0 Å². The van der Waals surface area contributed by atoms with Crippen LogP contribution in [0.5, 0.6) is 0 Å². The summed E-state index contributed by atoms with van der Waals surface area (Å²) in [5.41, 5.74) is 4.04. The monoisotopic (exact) mass is 607 g/mol. The lowest BCUT2D eigenvalue weighted by Crippen LogP contribution is -2.39. The molecule has 7 heteroatoms. The Bertz CT molecular complexity index is 1520. The van der Waals surface area contributed by atoms with Gasteiger partial charge in [0.1, 0.15) is 6.61 Å². The van der Waals surface area contributed by atoms with E-state index in [2.05, 4.69) is 73.0 Å². The first-order valence-corrected chi connectivity index (χ1v) is 16.8. The van der Waals surface area contributed by atoms with Gasteiger partial charge < -0.3 is 4.74 Å². The molecule has 6 nitrogen and oxygen atoms in total. The van der Waals surface area contributed by atoms with E-state index >= 15 is 4.57 Å². The van der Waals surface area contributed by atoms with Crippen molar-refractivity contribution in [2.24, 2.45) is 0 Å². The number of ether oxygens (including phenoxy) is 1. The molecule has 1 aliphatic heterocycles. The molecular weight excluding hydrogens is 565 g/mol. The Labute approximate surface area is 261 Å². The summed E-state index contributed by atoms with van der Waals surface area (Å²) < 4.78 is 25.9. The maximum atomic E-state index is 16.0. The molecule has 4 aromatic carbocycles. The largest absolute Gasteiger partial charge is 0.457 e. The lowest BCUT2D eigenvalue weighted by Gasteiger charge is -2.39. The minimum Gasteiger partial charge on any atom is -0.457 e. The Kier molecular flexibility index (Phi) is 9.97. The normalized spacial score (nSPS) is 19.2. The summed E-state index contributed by atoms with van der Waals surface area (Å²) in [4.78, 5) is 13.5. The van der Waals surface area contributed by atoms with Gasteiger partial charge in [0, 0.05) is 12.1 Å². The van der Waals surface area contributed by atoms with Crippen LogP contribution in [0, 0.1) is 0 Å². The third-order valence-corrected chi connectivity index (χ3v) is 11.4. The molecule has 0 saturated carbocycles. The highest BCUT2D eigenvalue weighted by Gasteiger charge is 2.58. The summed E-state index contributed by atoms with van der Waals surface area (Å²) in [6, 6.07) is 38.4. The van der Waals surface area contributed by atoms with Crippen LogP contribution < -0.4 is 5.09 Å². The molecule has 5 rings (SSSR count). The zero-order valence-corrected chi connectivity index (χ0v) is 26.8. The number of carbonyl (C=O) groups is 1. The molecule has 0 bridgehead atoms. The van der Waals surface area contributed by atoms with Gasteiger partial charge in [-0.1, -0.05) is 128 Å². The Morgan fingerprint density at radius 3 is 1.57 bits per heavy atom. The zero-order valence-electron chi connectivity index (χ0n) is 25.9. The first-order chi connectivity index (χ1) is 21.2. The first-order valence-electron chi connectivity index (χ1n) is 15.2. The van der Waals surface area contributed by atoms with Crippen molar-refractivity contribution in [2.75, 3.05) is 0 Å². The predicted molar refractivity (Wildman–Crippen MR) is 178 cm³/mol. The molecule has 0 radical (unpaired) electrons. The van der Waals surface area contributed by atoms with Crippen LogP contribution in [0.3, 0.4) is 0 Å². The summed E-state index contributed by atoms with van der Waals surface area (Å²) >= 11 is 0. The highest BCUT2D eigenvalue weighted by molar-refractivity contribution is 7.57. The molecule has 44 heavy (non-hydrogen) atoms. The molecule has 1 fully saturated rings. The Balaban J connectivity index is 1.60. The predicted octanol–water partition coefficient (Wildman–Crippen LogP) is 8.64. The van der Waals surface area contributed by atoms with Crippen molar-refractivity contribution in [3.8, 4) is 0 Å². The minimum atomic E-state index is -3.59. The lowest BCUT2D eigenvalue weighted by molar-refractivity contribution is -0.140. The van der Waals surface area contributed by atoms with Gasteiger partial charge in [-0.15, -0.1) is 0 Å². The zero-order chi connectivity index (χ0) is 31.3. The summed E-state index contributed by atoms with van der Waals surface area (Å²) in [7, 11) is -3.59. The van der Waals surface area contributed by atoms with E-state index in [1.165, 1.54) is 0 Å². The fourth-order valence-corrected chi connectivity index (χ4v) is 9.81. The Morgan fingerprint density at radius 1 is 0.727 bits per heavy atom. The lowest BCUT2D eigenvalue weighted by atomic mass is 9.92. The summed E-state index contributed by atoms with van der Waals surface area (Å²) in [5, 5.41) is 3.56. The highest BCUT2D eigenvalue weighted by atomic mass is 31.2. The van der Waals surface area contributed by atoms with Crippen LogP contribution in [0.2, 0.25) is 0 Å². The summed E-state index contributed by atoms with van der Waals surface area (Å²) in [6.45, 7) is 12.7. The number of hydrogen-bond acceptors (Lipinski definition) is 3. The number of esters is 1. The number of carbonyl (C=O) groups excluding carboxylic acids is 1. The van der Waals surface area contributed by atoms with E-state index in [1.807, 2.05) is 97.1 Å². The Hall–Kier alpha value is -3.80. The van der Waals surface area contributed by atoms with Crippen LogP contribution in [0.25, 0.3) is 0 Å². The fraction of sp³-hybridized carbons (Fsp3) is 0.270.